The van der Waals surface area contributed by atoms with Crippen LogP contribution < -0.4 is 5.32 Å². The van der Waals surface area contributed by atoms with Crippen molar-refractivity contribution in [2.75, 3.05) is 18.5 Å². The third kappa shape index (κ3) is 6.33. The maximum absolute atomic E-state index is 12.7. The van der Waals surface area contributed by atoms with Crippen LogP contribution in [0.15, 0.2) is 47.4 Å². The highest BCUT2D eigenvalue weighted by Crippen LogP contribution is 2.35. The number of benzene rings is 2. The minimum Gasteiger partial charge on any atom is -0.508 e. The molecule has 2 aromatic rings. The summed E-state index contributed by atoms with van der Waals surface area (Å²) in [5.74, 6) is -1.17. The van der Waals surface area contributed by atoms with Gasteiger partial charge in [0.1, 0.15) is 15.8 Å². The van der Waals surface area contributed by atoms with Crippen LogP contribution in [0.2, 0.25) is 0 Å². The van der Waals surface area contributed by atoms with Gasteiger partial charge in [0, 0.05) is 30.3 Å². The van der Waals surface area contributed by atoms with Crippen molar-refractivity contribution in [2.45, 2.75) is 19.8 Å². The summed E-state index contributed by atoms with van der Waals surface area (Å²) in [6.07, 6.45) is 2.09. The Labute approximate surface area is 200 Å². The minimum atomic E-state index is -0.423. The van der Waals surface area contributed by atoms with E-state index >= 15 is 0 Å². The van der Waals surface area contributed by atoms with Crippen LogP contribution in [0.25, 0.3) is 6.08 Å². The first-order valence-corrected chi connectivity index (χ1v) is 11.4. The van der Waals surface area contributed by atoms with Crippen molar-refractivity contribution in [3.8, 4) is 11.5 Å². The molecule has 0 atom stereocenters. The fourth-order valence-corrected chi connectivity index (χ4v) is 4.31. The number of ether oxygens (including phenoxy) is 1. The molecule has 1 aliphatic rings. The highest BCUT2D eigenvalue weighted by molar-refractivity contribution is 8.26. The van der Waals surface area contributed by atoms with Crippen molar-refractivity contribution in [2.24, 2.45) is 0 Å². The summed E-state index contributed by atoms with van der Waals surface area (Å²) in [5, 5.41) is 22.1. The van der Waals surface area contributed by atoms with Crippen LogP contribution >= 0.6 is 24.0 Å². The molecule has 1 heterocycles. The topological polar surface area (TPSA) is 116 Å². The summed E-state index contributed by atoms with van der Waals surface area (Å²) in [5.41, 5.74) is 1.34. The number of nitrogens with zero attached hydrogens (tertiary/aromatic N) is 1. The van der Waals surface area contributed by atoms with Crippen LogP contribution in [0, 0.1) is 0 Å². The maximum atomic E-state index is 12.7. The highest BCUT2D eigenvalue weighted by Gasteiger charge is 2.31. The Balaban J connectivity index is 1.51. The van der Waals surface area contributed by atoms with Gasteiger partial charge in [-0.05, 0) is 55.8 Å². The fraction of sp³-hybridized carbons (Fsp3) is 0.217. The van der Waals surface area contributed by atoms with E-state index in [1.165, 1.54) is 29.2 Å². The molecule has 172 valence electrons. The molecular weight excluding hydrogens is 464 g/mol. The van der Waals surface area contributed by atoms with Crippen molar-refractivity contribution in [3.05, 3.63) is 58.5 Å². The van der Waals surface area contributed by atoms with Gasteiger partial charge >= 0.3 is 5.97 Å². The van der Waals surface area contributed by atoms with Gasteiger partial charge in [-0.25, -0.2) is 4.79 Å². The number of amides is 2. The summed E-state index contributed by atoms with van der Waals surface area (Å²) in [4.78, 5) is 38.4. The lowest BCUT2D eigenvalue weighted by Gasteiger charge is -2.14. The normalized spacial score (nSPS) is 14.6. The lowest BCUT2D eigenvalue weighted by Crippen LogP contribution is -2.29. The molecule has 0 saturated carbocycles. The number of hydrogen-bond donors (Lipinski definition) is 3. The van der Waals surface area contributed by atoms with Gasteiger partial charge in [0.2, 0.25) is 5.91 Å². The molecule has 33 heavy (non-hydrogen) atoms. The van der Waals surface area contributed by atoms with E-state index in [9.17, 15) is 24.6 Å². The summed E-state index contributed by atoms with van der Waals surface area (Å²) < 4.78 is 5.30. The van der Waals surface area contributed by atoms with Crippen LogP contribution in [0.3, 0.4) is 0 Å². The Morgan fingerprint density at radius 1 is 1.18 bits per heavy atom. The third-order valence-electron chi connectivity index (χ3n) is 4.64. The summed E-state index contributed by atoms with van der Waals surface area (Å²) in [7, 11) is 0. The Morgan fingerprint density at radius 3 is 2.58 bits per heavy atom. The molecular formula is C23H22N2O6S2. The zero-order valence-electron chi connectivity index (χ0n) is 17.7. The summed E-state index contributed by atoms with van der Waals surface area (Å²) >= 11 is 6.40. The van der Waals surface area contributed by atoms with Gasteiger partial charge in [-0.3, -0.25) is 14.5 Å². The van der Waals surface area contributed by atoms with Crippen molar-refractivity contribution < 1.29 is 29.3 Å². The molecule has 3 N–H and O–H groups in total. The standard InChI is InChI=1S/C23H22N2O6S2/c1-2-31-22(30)14-5-8-16(9-6-14)24-20(28)4-3-11-25-21(29)19(33-23(25)32)12-15-7-10-17(26)13-18(15)27/h5-10,12-13,26-27H,2-4,11H2,1H3,(H,24,28)/b19-12-. The van der Waals surface area contributed by atoms with E-state index in [1.807, 2.05) is 0 Å². The molecule has 0 aromatic heterocycles. The molecule has 0 unspecified atom stereocenters. The fourth-order valence-electron chi connectivity index (χ4n) is 3.01. The molecule has 0 radical (unpaired) electrons. The zero-order valence-corrected chi connectivity index (χ0v) is 19.4. The Hall–Kier alpha value is -3.37. The minimum absolute atomic E-state index is 0.0783. The quantitative estimate of drug-likeness (QED) is 0.292. The first kappa shape index (κ1) is 24.3. The van der Waals surface area contributed by atoms with Gasteiger partial charge in [0.25, 0.3) is 5.91 Å². The molecule has 8 nitrogen and oxygen atoms in total. The van der Waals surface area contributed by atoms with E-state index in [2.05, 4.69) is 5.32 Å². The number of hydrogen-bond acceptors (Lipinski definition) is 8. The van der Waals surface area contributed by atoms with Gasteiger partial charge in [-0.2, -0.15) is 0 Å². The van der Waals surface area contributed by atoms with E-state index in [-0.39, 0.29) is 42.9 Å². The van der Waals surface area contributed by atoms with Crippen LogP contribution in [-0.4, -0.2) is 50.4 Å². The second kappa shape index (κ2) is 11.0. The molecule has 0 bridgehead atoms. The first-order valence-electron chi connectivity index (χ1n) is 10.1. The zero-order chi connectivity index (χ0) is 24.0. The molecule has 1 saturated heterocycles. The predicted octanol–water partition coefficient (Wildman–Crippen LogP) is 3.89. The Bertz CT molecular complexity index is 1110. The number of esters is 1. The van der Waals surface area contributed by atoms with Crippen molar-refractivity contribution >= 4 is 57.8 Å². The maximum Gasteiger partial charge on any atom is 0.338 e. The Morgan fingerprint density at radius 2 is 1.91 bits per heavy atom. The number of thiocarbonyl (C=S) groups is 1. The van der Waals surface area contributed by atoms with Crippen molar-refractivity contribution in [3.63, 3.8) is 0 Å². The number of phenols is 2. The van der Waals surface area contributed by atoms with E-state index in [0.29, 0.717) is 32.5 Å². The molecule has 3 rings (SSSR count). The van der Waals surface area contributed by atoms with Crippen molar-refractivity contribution in [1.82, 2.24) is 4.90 Å². The molecule has 10 heteroatoms. The number of carbonyl (C=O) groups is 3. The van der Waals surface area contributed by atoms with Crippen LogP contribution in [-0.2, 0) is 14.3 Å². The molecule has 2 amide bonds. The second-order valence-corrected chi connectivity index (χ2v) is 8.70. The number of rotatable bonds is 8. The van der Waals surface area contributed by atoms with E-state index in [0.717, 1.165) is 11.8 Å². The monoisotopic (exact) mass is 486 g/mol. The van der Waals surface area contributed by atoms with Crippen LogP contribution in [0.5, 0.6) is 11.5 Å². The smallest absolute Gasteiger partial charge is 0.338 e. The van der Waals surface area contributed by atoms with Crippen LogP contribution in [0.1, 0.15) is 35.7 Å². The van der Waals surface area contributed by atoms with Crippen molar-refractivity contribution in [1.29, 1.82) is 0 Å². The second-order valence-electron chi connectivity index (χ2n) is 7.03. The predicted molar refractivity (Wildman–Crippen MR) is 130 cm³/mol. The average molecular weight is 487 g/mol. The lowest BCUT2D eigenvalue weighted by molar-refractivity contribution is -0.122. The number of phenolic OH excluding ortho intramolecular Hbond substituents is 2. The van der Waals surface area contributed by atoms with Gasteiger partial charge in [0.05, 0.1) is 17.1 Å². The summed E-state index contributed by atoms with van der Waals surface area (Å²) in [6, 6.07) is 10.5. The number of nitrogens with one attached hydrogen (secondary N) is 1. The molecule has 1 fully saturated rings. The van der Waals surface area contributed by atoms with Gasteiger partial charge in [0.15, 0.2) is 0 Å². The van der Waals surface area contributed by atoms with Crippen LogP contribution in [0.4, 0.5) is 5.69 Å². The molecule has 0 aliphatic carbocycles. The molecule has 2 aromatic carbocycles. The lowest BCUT2D eigenvalue weighted by atomic mass is 10.1. The third-order valence-corrected chi connectivity index (χ3v) is 6.02. The van der Waals surface area contributed by atoms with E-state index in [1.54, 1.807) is 31.2 Å². The van der Waals surface area contributed by atoms with E-state index < -0.39 is 5.97 Å². The SMILES string of the molecule is CCOC(=O)c1ccc(NC(=O)CCCN2C(=O)/C(=C/c3ccc(O)cc3O)SC2=S)cc1. The summed E-state index contributed by atoms with van der Waals surface area (Å²) in [6.45, 7) is 2.29. The average Bonchev–Trinajstić information content (AvgIpc) is 3.03. The van der Waals surface area contributed by atoms with Gasteiger partial charge in [-0.1, -0.05) is 24.0 Å². The highest BCUT2D eigenvalue weighted by atomic mass is 32.2. The van der Waals surface area contributed by atoms with E-state index in [4.69, 9.17) is 17.0 Å². The van der Waals surface area contributed by atoms with Gasteiger partial charge < -0.3 is 20.3 Å². The molecule has 1 aliphatic heterocycles. The number of carbonyl (C=O) groups excluding carboxylic acids is 3. The first-order chi connectivity index (χ1) is 15.8. The number of aromatic hydroxyl groups is 2. The van der Waals surface area contributed by atoms with Gasteiger partial charge in [-0.15, -0.1) is 0 Å². The molecule has 0 spiro atoms. The number of thioether (sulfide) groups is 1. The largest absolute Gasteiger partial charge is 0.508 e. The Kier molecular flexibility index (Phi) is 8.07. The number of anilines is 1.